The monoisotopic (exact) mass is 314 g/mol. The molecular formula is C16H18N4OS. The molecule has 0 saturated heterocycles. The number of benzene rings is 1. The average molecular weight is 314 g/mol. The number of pyridine rings is 1. The molecule has 2 heterocycles. The topological polar surface area (TPSA) is 34.7 Å². The number of likely N-dealkylation sites (N-methyl/N-ethyl adjacent to an activating group) is 1. The molecule has 0 aliphatic rings. The lowest BCUT2D eigenvalue weighted by atomic mass is 10.3. The maximum Gasteiger partial charge on any atom is 0.203 e. The van der Waals surface area contributed by atoms with Crippen LogP contribution in [0.25, 0.3) is 5.65 Å². The zero-order valence-electron chi connectivity index (χ0n) is 12.4. The summed E-state index contributed by atoms with van der Waals surface area (Å²) in [6.45, 7) is 2.06. The van der Waals surface area contributed by atoms with E-state index in [0.29, 0.717) is 18.0 Å². The van der Waals surface area contributed by atoms with Gasteiger partial charge in [-0.1, -0.05) is 24.3 Å². The van der Waals surface area contributed by atoms with Crippen molar-refractivity contribution in [2.24, 2.45) is 0 Å². The van der Waals surface area contributed by atoms with Crippen LogP contribution in [0, 0.1) is 4.77 Å². The summed E-state index contributed by atoms with van der Waals surface area (Å²) in [6.07, 6.45) is 1.93. The molecule has 0 unspecified atom stereocenters. The fourth-order valence-corrected chi connectivity index (χ4v) is 2.45. The molecule has 0 amide bonds. The van der Waals surface area contributed by atoms with Gasteiger partial charge in [0.1, 0.15) is 12.4 Å². The minimum Gasteiger partial charge on any atom is -0.492 e. The van der Waals surface area contributed by atoms with Crippen molar-refractivity contribution in [3.63, 3.8) is 0 Å². The highest BCUT2D eigenvalue weighted by Crippen LogP contribution is 2.08. The third-order valence-corrected chi connectivity index (χ3v) is 3.76. The SMILES string of the molecule is CN(CCOc1ccccc1)Cn1nc2ccccn2c1=S. The first-order valence-electron chi connectivity index (χ1n) is 7.14. The van der Waals surface area contributed by atoms with Gasteiger partial charge in [-0.15, -0.1) is 0 Å². The molecule has 1 aromatic carbocycles. The van der Waals surface area contributed by atoms with Crippen molar-refractivity contribution in [2.45, 2.75) is 6.67 Å². The molecule has 114 valence electrons. The summed E-state index contributed by atoms with van der Waals surface area (Å²) < 4.78 is 10.1. The second-order valence-corrected chi connectivity index (χ2v) is 5.46. The maximum atomic E-state index is 5.70. The van der Waals surface area contributed by atoms with Crippen molar-refractivity contribution < 1.29 is 4.74 Å². The summed E-state index contributed by atoms with van der Waals surface area (Å²) in [7, 11) is 2.03. The molecule has 0 atom stereocenters. The largest absolute Gasteiger partial charge is 0.492 e. The van der Waals surface area contributed by atoms with Crippen molar-refractivity contribution in [1.82, 2.24) is 19.1 Å². The van der Waals surface area contributed by atoms with E-state index in [0.717, 1.165) is 17.9 Å². The predicted molar refractivity (Wildman–Crippen MR) is 88.6 cm³/mol. The first-order valence-corrected chi connectivity index (χ1v) is 7.55. The molecule has 3 aromatic rings. The summed E-state index contributed by atoms with van der Waals surface area (Å²) in [5.74, 6) is 0.889. The Kier molecular flexibility index (Phi) is 4.50. The molecule has 0 spiro atoms. The highest BCUT2D eigenvalue weighted by molar-refractivity contribution is 7.71. The Hall–Kier alpha value is -2.18. The molecule has 0 aliphatic heterocycles. The Balaban J connectivity index is 1.58. The Bertz CT molecular complexity index is 797. The number of nitrogens with zero attached hydrogens (tertiary/aromatic N) is 4. The number of fused-ring (bicyclic) bond motifs is 1. The smallest absolute Gasteiger partial charge is 0.203 e. The third-order valence-electron chi connectivity index (χ3n) is 3.35. The van der Waals surface area contributed by atoms with E-state index in [9.17, 15) is 0 Å². The predicted octanol–water partition coefficient (Wildman–Crippen LogP) is 2.83. The van der Waals surface area contributed by atoms with E-state index < -0.39 is 0 Å². The van der Waals surface area contributed by atoms with E-state index in [1.54, 1.807) is 0 Å². The molecule has 0 N–H and O–H groups in total. The van der Waals surface area contributed by atoms with Crippen molar-refractivity contribution in [2.75, 3.05) is 20.2 Å². The number of hydrogen-bond acceptors (Lipinski definition) is 4. The summed E-state index contributed by atoms with van der Waals surface area (Å²) in [5, 5.41) is 4.51. The lowest BCUT2D eigenvalue weighted by Crippen LogP contribution is -2.27. The zero-order valence-corrected chi connectivity index (χ0v) is 13.2. The van der Waals surface area contributed by atoms with Crippen molar-refractivity contribution in [3.05, 3.63) is 59.5 Å². The number of para-hydroxylation sites is 1. The van der Waals surface area contributed by atoms with Gasteiger partial charge < -0.3 is 4.74 Å². The molecular weight excluding hydrogens is 296 g/mol. The average Bonchev–Trinajstić information content (AvgIpc) is 2.85. The van der Waals surface area contributed by atoms with Crippen molar-refractivity contribution >= 4 is 17.9 Å². The van der Waals surface area contributed by atoms with Gasteiger partial charge in [0.15, 0.2) is 5.65 Å². The Morgan fingerprint density at radius 2 is 1.91 bits per heavy atom. The van der Waals surface area contributed by atoms with Gasteiger partial charge in [-0.2, -0.15) is 5.10 Å². The van der Waals surface area contributed by atoms with Crippen LogP contribution < -0.4 is 4.74 Å². The van der Waals surface area contributed by atoms with Gasteiger partial charge in [-0.3, -0.25) is 9.30 Å². The molecule has 5 nitrogen and oxygen atoms in total. The Morgan fingerprint density at radius 3 is 2.68 bits per heavy atom. The van der Waals surface area contributed by atoms with Crippen LogP contribution in [0.2, 0.25) is 0 Å². The molecule has 3 rings (SSSR count). The van der Waals surface area contributed by atoms with Crippen LogP contribution in [0.15, 0.2) is 54.7 Å². The van der Waals surface area contributed by atoms with Crippen molar-refractivity contribution in [3.8, 4) is 5.75 Å². The summed E-state index contributed by atoms with van der Waals surface area (Å²) in [4.78, 5) is 2.13. The summed E-state index contributed by atoms with van der Waals surface area (Å²) >= 11 is 5.44. The summed E-state index contributed by atoms with van der Waals surface area (Å²) in [5.41, 5.74) is 0.862. The molecule has 22 heavy (non-hydrogen) atoms. The number of hydrogen-bond donors (Lipinski definition) is 0. The first kappa shape index (κ1) is 14.7. The van der Waals surface area contributed by atoms with Crippen LogP contribution in [-0.2, 0) is 6.67 Å². The van der Waals surface area contributed by atoms with Crippen LogP contribution in [-0.4, -0.2) is 39.3 Å². The molecule has 6 heteroatoms. The minimum atomic E-state index is 0.626. The number of ether oxygens (including phenoxy) is 1. The van der Waals surface area contributed by atoms with Gasteiger partial charge in [0, 0.05) is 12.7 Å². The first-order chi connectivity index (χ1) is 10.7. The van der Waals surface area contributed by atoms with Crippen LogP contribution in [0.1, 0.15) is 0 Å². The van der Waals surface area contributed by atoms with Crippen LogP contribution in [0.5, 0.6) is 5.75 Å². The van der Waals surface area contributed by atoms with Crippen molar-refractivity contribution in [1.29, 1.82) is 0 Å². The van der Waals surface area contributed by atoms with E-state index in [-0.39, 0.29) is 0 Å². The minimum absolute atomic E-state index is 0.626. The standard InChI is InChI=1S/C16H18N4OS/c1-18(11-12-21-14-7-3-2-4-8-14)13-20-16(22)19-10-6-5-9-15(19)17-20/h2-10H,11-13H2,1H3. The highest BCUT2D eigenvalue weighted by Gasteiger charge is 2.06. The molecule has 0 saturated carbocycles. The van der Waals surface area contributed by atoms with E-state index in [4.69, 9.17) is 17.0 Å². The normalized spacial score (nSPS) is 11.2. The zero-order chi connectivity index (χ0) is 15.4. The van der Waals surface area contributed by atoms with E-state index >= 15 is 0 Å². The van der Waals surface area contributed by atoms with Gasteiger partial charge in [0.2, 0.25) is 4.77 Å². The van der Waals surface area contributed by atoms with E-state index in [1.807, 2.05) is 70.9 Å². The fraction of sp³-hybridized carbons (Fsp3) is 0.250. The molecule has 0 fully saturated rings. The highest BCUT2D eigenvalue weighted by atomic mass is 32.1. The van der Waals surface area contributed by atoms with Gasteiger partial charge in [0.25, 0.3) is 0 Å². The third kappa shape index (κ3) is 3.35. The number of rotatable bonds is 6. The maximum absolute atomic E-state index is 5.70. The quantitative estimate of drug-likeness (QED) is 0.655. The molecule has 0 bridgehead atoms. The van der Waals surface area contributed by atoms with Gasteiger partial charge in [-0.25, -0.2) is 4.68 Å². The second-order valence-electron chi connectivity index (χ2n) is 5.09. The van der Waals surface area contributed by atoms with Gasteiger partial charge in [0.05, 0.1) is 6.67 Å². The lowest BCUT2D eigenvalue weighted by molar-refractivity contribution is 0.198. The molecule has 0 radical (unpaired) electrons. The lowest BCUT2D eigenvalue weighted by Gasteiger charge is -2.16. The van der Waals surface area contributed by atoms with E-state index in [1.165, 1.54) is 0 Å². The molecule has 2 aromatic heterocycles. The summed E-state index contributed by atoms with van der Waals surface area (Å²) in [6, 6.07) is 15.7. The number of aromatic nitrogens is 3. The van der Waals surface area contributed by atoms with Gasteiger partial charge >= 0.3 is 0 Å². The Labute approximate surface area is 134 Å². The molecule has 0 aliphatic carbocycles. The van der Waals surface area contributed by atoms with Crippen LogP contribution in [0.4, 0.5) is 0 Å². The van der Waals surface area contributed by atoms with E-state index in [2.05, 4.69) is 10.00 Å². The Morgan fingerprint density at radius 1 is 1.14 bits per heavy atom. The van der Waals surface area contributed by atoms with Gasteiger partial charge in [-0.05, 0) is 43.5 Å². The van der Waals surface area contributed by atoms with Crippen LogP contribution in [0.3, 0.4) is 0 Å². The van der Waals surface area contributed by atoms with Crippen LogP contribution >= 0.6 is 12.2 Å². The second kappa shape index (κ2) is 6.72. The fourth-order valence-electron chi connectivity index (χ4n) is 2.20.